The van der Waals surface area contributed by atoms with E-state index in [4.69, 9.17) is 16.2 Å². The third kappa shape index (κ3) is 2.46. The first-order chi connectivity index (χ1) is 7.81. The van der Waals surface area contributed by atoms with Gasteiger partial charge in [-0.1, -0.05) is 6.07 Å². The summed E-state index contributed by atoms with van der Waals surface area (Å²) in [7, 11) is 0. The van der Waals surface area contributed by atoms with Crippen LogP contribution < -0.4 is 21.5 Å². The molecule has 0 radical (unpaired) electrons. The zero-order valence-corrected chi connectivity index (χ0v) is 9.41. The molecule has 1 aromatic carbocycles. The minimum Gasteiger partial charge on any atom is -0.490 e. The molecule has 0 unspecified atom stereocenters. The minimum atomic E-state index is 0.286. The fourth-order valence-corrected chi connectivity index (χ4v) is 2.00. The maximum atomic E-state index is 5.96. The van der Waals surface area contributed by atoms with E-state index >= 15 is 0 Å². The molecule has 1 aliphatic heterocycles. The zero-order valence-electron chi connectivity index (χ0n) is 9.41. The highest BCUT2D eigenvalue weighted by Gasteiger charge is 2.16. The van der Waals surface area contributed by atoms with Gasteiger partial charge in [-0.15, -0.1) is 0 Å². The van der Waals surface area contributed by atoms with Crippen LogP contribution in [0, 0.1) is 0 Å². The Morgan fingerprint density at radius 1 is 1.31 bits per heavy atom. The van der Waals surface area contributed by atoms with Gasteiger partial charge in [-0.05, 0) is 38.1 Å². The van der Waals surface area contributed by atoms with Crippen LogP contribution >= 0.6 is 0 Å². The molecule has 1 aliphatic rings. The summed E-state index contributed by atoms with van der Waals surface area (Å²) in [5.74, 6) is 0.842. The van der Waals surface area contributed by atoms with Crippen LogP contribution in [-0.4, -0.2) is 19.2 Å². The summed E-state index contributed by atoms with van der Waals surface area (Å²) >= 11 is 0. The quantitative estimate of drug-likeness (QED) is 0.662. The first kappa shape index (κ1) is 11.2. The summed E-state index contributed by atoms with van der Waals surface area (Å²) in [4.78, 5) is 0. The summed E-state index contributed by atoms with van der Waals surface area (Å²) in [6, 6.07) is 5.71. The summed E-state index contributed by atoms with van der Waals surface area (Å²) in [6.07, 6.45) is 2.37. The van der Waals surface area contributed by atoms with Crippen LogP contribution in [0.1, 0.15) is 18.4 Å². The molecular formula is C12H19N3O. The van der Waals surface area contributed by atoms with Gasteiger partial charge in [0, 0.05) is 17.8 Å². The Kier molecular flexibility index (Phi) is 3.64. The van der Waals surface area contributed by atoms with Crippen molar-refractivity contribution in [2.75, 3.05) is 18.8 Å². The van der Waals surface area contributed by atoms with Crippen molar-refractivity contribution in [3.8, 4) is 5.75 Å². The van der Waals surface area contributed by atoms with E-state index in [1.54, 1.807) is 0 Å². The van der Waals surface area contributed by atoms with E-state index in [-0.39, 0.29) is 6.10 Å². The molecule has 0 aliphatic carbocycles. The number of hydrogen-bond donors (Lipinski definition) is 3. The summed E-state index contributed by atoms with van der Waals surface area (Å²) in [5, 5.41) is 3.31. The second kappa shape index (κ2) is 5.18. The topological polar surface area (TPSA) is 73.3 Å². The van der Waals surface area contributed by atoms with Gasteiger partial charge in [-0.25, -0.2) is 0 Å². The SMILES string of the molecule is NCc1c(N)cccc1OC1CCNCC1. The monoisotopic (exact) mass is 221 g/mol. The van der Waals surface area contributed by atoms with Crippen molar-refractivity contribution in [3.05, 3.63) is 23.8 Å². The lowest BCUT2D eigenvalue weighted by atomic mass is 10.1. The Labute approximate surface area is 96.0 Å². The van der Waals surface area contributed by atoms with Crippen molar-refractivity contribution in [2.24, 2.45) is 5.73 Å². The third-order valence-electron chi connectivity index (χ3n) is 2.95. The maximum Gasteiger partial charge on any atom is 0.126 e. The highest BCUT2D eigenvalue weighted by atomic mass is 16.5. The van der Waals surface area contributed by atoms with Crippen LogP contribution in [0.3, 0.4) is 0 Å². The maximum absolute atomic E-state index is 5.96. The Bertz CT molecular complexity index is 348. The standard InChI is InChI=1S/C12H19N3O/c13-8-10-11(14)2-1-3-12(10)16-9-4-6-15-7-5-9/h1-3,9,15H,4-8,13-14H2. The van der Waals surface area contributed by atoms with Gasteiger partial charge in [0.2, 0.25) is 0 Å². The first-order valence-corrected chi connectivity index (χ1v) is 5.76. The number of ether oxygens (including phenoxy) is 1. The number of hydrogen-bond acceptors (Lipinski definition) is 4. The van der Waals surface area contributed by atoms with Crippen molar-refractivity contribution in [1.82, 2.24) is 5.32 Å². The van der Waals surface area contributed by atoms with Crippen molar-refractivity contribution in [2.45, 2.75) is 25.5 Å². The van der Waals surface area contributed by atoms with E-state index in [0.717, 1.165) is 37.2 Å². The summed E-state index contributed by atoms with van der Waals surface area (Å²) in [6.45, 7) is 2.46. The smallest absolute Gasteiger partial charge is 0.126 e. The predicted octanol–water partition coefficient (Wildman–Crippen LogP) is 0.858. The molecule has 1 fully saturated rings. The molecule has 0 bridgehead atoms. The molecule has 1 aromatic rings. The van der Waals surface area contributed by atoms with Gasteiger partial charge in [0.1, 0.15) is 11.9 Å². The molecule has 0 aromatic heterocycles. The van der Waals surface area contributed by atoms with E-state index in [2.05, 4.69) is 5.32 Å². The molecule has 0 spiro atoms. The van der Waals surface area contributed by atoms with Crippen molar-refractivity contribution in [3.63, 3.8) is 0 Å². The largest absolute Gasteiger partial charge is 0.490 e. The second-order valence-electron chi connectivity index (χ2n) is 4.10. The lowest BCUT2D eigenvalue weighted by Gasteiger charge is -2.25. The molecule has 0 atom stereocenters. The number of nitrogen functional groups attached to an aromatic ring is 1. The second-order valence-corrected chi connectivity index (χ2v) is 4.10. The van der Waals surface area contributed by atoms with Crippen LogP contribution in [0.5, 0.6) is 5.75 Å². The Hall–Kier alpha value is -1.26. The third-order valence-corrected chi connectivity index (χ3v) is 2.95. The van der Waals surface area contributed by atoms with Crippen LogP contribution in [0.2, 0.25) is 0 Å². The molecule has 0 saturated carbocycles. The average Bonchev–Trinajstić information content (AvgIpc) is 2.31. The van der Waals surface area contributed by atoms with Gasteiger partial charge in [0.05, 0.1) is 0 Å². The van der Waals surface area contributed by atoms with Gasteiger partial charge in [-0.2, -0.15) is 0 Å². The lowest BCUT2D eigenvalue weighted by molar-refractivity contribution is 0.161. The van der Waals surface area contributed by atoms with Crippen LogP contribution in [0.25, 0.3) is 0 Å². The number of anilines is 1. The van der Waals surface area contributed by atoms with Gasteiger partial charge < -0.3 is 21.5 Å². The van der Waals surface area contributed by atoms with Gasteiger partial charge >= 0.3 is 0 Å². The first-order valence-electron chi connectivity index (χ1n) is 5.76. The number of nitrogens with two attached hydrogens (primary N) is 2. The normalized spacial score (nSPS) is 17.3. The van der Waals surface area contributed by atoms with Crippen molar-refractivity contribution < 1.29 is 4.74 Å². The summed E-state index contributed by atoms with van der Waals surface area (Å²) < 4.78 is 5.96. The summed E-state index contributed by atoms with van der Waals surface area (Å²) in [5.41, 5.74) is 13.2. The van der Waals surface area contributed by atoms with E-state index in [0.29, 0.717) is 12.2 Å². The molecule has 88 valence electrons. The van der Waals surface area contributed by atoms with E-state index < -0.39 is 0 Å². The molecule has 4 heteroatoms. The van der Waals surface area contributed by atoms with Crippen molar-refractivity contribution >= 4 is 5.69 Å². The minimum absolute atomic E-state index is 0.286. The molecule has 2 rings (SSSR count). The highest BCUT2D eigenvalue weighted by Crippen LogP contribution is 2.26. The number of piperidine rings is 1. The Morgan fingerprint density at radius 2 is 2.06 bits per heavy atom. The fraction of sp³-hybridized carbons (Fsp3) is 0.500. The van der Waals surface area contributed by atoms with E-state index in [1.807, 2.05) is 18.2 Å². The number of nitrogens with one attached hydrogen (secondary N) is 1. The van der Waals surface area contributed by atoms with Crippen LogP contribution in [-0.2, 0) is 6.54 Å². The molecule has 16 heavy (non-hydrogen) atoms. The fourth-order valence-electron chi connectivity index (χ4n) is 2.00. The van der Waals surface area contributed by atoms with Crippen LogP contribution in [0.4, 0.5) is 5.69 Å². The Balaban J connectivity index is 2.10. The van der Waals surface area contributed by atoms with Crippen LogP contribution in [0.15, 0.2) is 18.2 Å². The van der Waals surface area contributed by atoms with Gasteiger partial charge in [-0.3, -0.25) is 0 Å². The highest BCUT2D eigenvalue weighted by molar-refractivity contribution is 5.54. The van der Waals surface area contributed by atoms with E-state index in [1.165, 1.54) is 0 Å². The molecular weight excluding hydrogens is 202 g/mol. The lowest BCUT2D eigenvalue weighted by Crippen LogP contribution is -2.34. The Morgan fingerprint density at radius 3 is 2.75 bits per heavy atom. The zero-order chi connectivity index (χ0) is 11.4. The predicted molar refractivity (Wildman–Crippen MR) is 65.3 cm³/mol. The number of rotatable bonds is 3. The van der Waals surface area contributed by atoms with Gasteiger partial charge in [0.15, 0.2) is 0 Å². The molecule has 1 saturated heterocycles. The number of benzene rings is 1. The molecule has 4 nitrogen and oxygen atoms in total. The van der Waals surface area contributed by atoms with E-state index in [9.17, 15) is 0 Å². The van der Waals surface area contributed by atoms with Crippen molar-refractivity contribution in [1.29, 1.82) is 0 Å². The molecule has 5 N–H and O–H groups in total. The molecule has 1 heterocycles. The molecule has 0 amide bonds. The van der Waals surface area contributed by atoms with Gasteiger partial charge in [0.25, 0.3) is 0 Å². The average molecular weight is 221 g/mol.